The second-order valence-electron chi connectivity index (χ2n) is 11.6. The first-order valence-electron chi connectivity index (χ1n) is 14.2. The van der Waals surface area contributed by atoms with E-state index >= 15 is 0 Å². The van der Waals surface area contributed by atoms with Gasteiger partial charge in [0.1, 0.15) is 6.04 Å². The molecule has 3 N–H and O–H groups in total. The molecule has 212 valence electrons. The van der Waals surface area contributed by atoms with Gasteiger partial charge in [0.25, 0.3) is 11.8 Å². The van der Waals surface area contributed by atoms with E-state index in [4.69, 9.17) is 0 Å². The summed E-state index contributed by atoms with van der Waals surface area (Å²) in [6.45, 7) is 1.00. The summed E-state index contributed by atoms with van der Waals surface area (Å²) < 4.78 is 1.94. The average Bonchev–Trinajstić information content (AvgIpc) is 3.56. The molecule has 11 heteroatoms. The zero-order valence-corrected chi connectivity index (χ0v) is 22.5. The Morgan fingerprint density at radius 2 is 1.88 bits per heavy atom. The Hall–Kier alpha value is -4.09. The first-order valence-corrected chi connectivity index (χ1v) is 14.2. The summed E-state index contributed by atoms with van der Waals surface area (Å²) >= 11 is 0. The van der Waals surface area contributed by atoms with Gasteiger partial charge in [0.2, 0.25) is 11.8 Å². The molecular weight excluding hydrogens is 526 g/mol. The van der Waals surface area contributed by atoms with Crippen LogP contribution in [-0.4, -0.2) is 79.4 Å². The molecule has 1 aliphatic carbocycles. The number of imide groups is 1. The fourth-order valence-electron chi connectivity index (χ4n) is 6.75. The van der Waals surface area contributed by atoms with Gasteiger partial charge in [-0.05, 0) is 60.7 Å². The highest BCUT2D eigenvalue weighted by atomic mass is 16.4. The zero-order valence-electron chi connectivity index (χ0n) is 22.5. The van der Waals surface area contributed by atoms with Gasteiger partial charge in [-0.3, -0.25) is 34.1 Å². The molecule has 0 bridgehead atoms. The molecule has 1 aromatic heterocycles. The number of benzene rings is 2. The van der Waals surface area contributed by atoms with Crippen LogP contribution in [0.1, 0.15) is 66.1 Å². The smallest absolute Gasteiger partial charge is 0.259 e. The summed E-state index contributed by atoms with van der Waals surface area (Å²) in [5, 5.41) is 29.0. The van der Waals surface area contributed by atoms with Gasteiger partial charge in [-0.25, -0.2) is 0 Å². The van der Waals surface area contributed by atoms with Crippen molar-refractivity contribution in [2.24, 2.45) is 0 Å². The third kappa shape index (κ3) is 4.06. The van der Waals surface area contributed by atoms with Crippen molar-refractivity contribution >= 4 is 40.1 Å². The van der Waals surface area contributed by atoms with Crippen LogP contribution in [-0.2, 0) is 20.8 Å². The van der Waals surface area contributed by atoms with Crippen molar-refractivity contribution in [1.29, 1.82) is 0 Å². The highest BCUT2D eigenvalue weighted by Gasteiger charge is 2.52. The van der Waals surface area contributed by atoms with Crippen LogP contribution in [0.3, 0.4) is 0 Å². The quantitative estimate of drug-likeness (QED) is 0.403. The number of carbonyl (C=O) groups is 4. The molecule has 11 nitrogen and oxygen atoms in total. The number of aliphatic hydroxyl groups excluding tert-OH is 1. The van der Waals surface area contributed by atoms with E-state index in [1.54, 1.807) is 11.0 Å². The number of amides is 4. The van der Waals surface area contributed by atoms with E-state index in [0.717, 1.165) is 21.9 Å². The maximum atomic E-state index is 13.4. The average molecular weight is 558 g/mol. The zero-order chi connectivity index (χ0) is 28.5. The summed E-state index contributed by atoms with van der Waals surface area (Å²) in [6, 6.07) is 8.91. The van der Waals surface area contributed by atoms with Crippen molar-refractivity contribution < 1.29 is 29.4 Å². The van der Waals surface area contributed by atoms with Crippen LogP contribution in [0.15, 0.2) is 42.7 Å². The number of hydrogen-bond donors (Lipinski definition) is 3. The predicted molar refractivity (Wildman–Crippen MR) is 147 cm³/mol. The Kier molecular flexibility index (Phi) is 5.98. The highest BCUT2D eigenvalue weighted by molar-refractivity contribution is 6.27. The summed E-state index contributed by atoms with van der Waals surface area (Å²) in [5.74, 6) is -1.37. The summed E-state index contributed by atoms with van der Waals surface area (Å²) in [4.78, 5) is 53.6. The number of carbonyl (C=O) groups excluding carboxylic acids is 4. The lowest BCUT2D eigenvalue weighted by atomic mass is 9.75. The Balaban J connectivity index is 1.08. The number of likely N-dealkylation sites (tertiary alicyclic amines) is 1. The van der Waals surface area contributed by atoms with Gasteiger partial charge in [-0.15, -0.1) is 0 Å². The van der Waals surface area contributed by atoms with Gasteiger partial charge >= 0.3 is 0 Å². The van der Waals surface area contributed by atoms with E-state index in [9.17, 15) is 29.4 Å². The highest BCUT2D eigenvalue weighted by Crippen LogP contribution is 2.41. The van der Waals surface area contributed by atoms with Crippen LogP contribution in [0, 0.1) is 0 Å². The Labute approximate surface area is 235 Å². The van der Waals surface area contributed by atoms with E-state index in [1.807, 2.05) is 41.3 Å². The van der Waals surface area contributed by atoms with Gasteiger partial charge in [0.15, 0.2) is 5.60 Å². The lowest BCUT2D eigenvalue weighted by Gasteiger charge is -2.44. The Bertz CT molecular complexity index is 1610. The molecule has 0 spiro atoms. The van der Waals surface area contributed by atoms with Crippen LogP contribution in [0.2, 0.25) is 0 Å². The number of anilines is 1. The van der Waals surface area contributed by atoms with E-state index in [2.05, 4.69) is 10.4 Å². The number of nitrogens with zero attached hydrogens (tertiary/aromatic N) is 4. The first kappa shape index (κ1) is 25.8. The molecule has 3 aliphatic heterocycles. The van der Waals surface area contributed by atoms with Gasteiger partial charge in [0.05, 0.1) is 24.0 Å². The van der Waals surface area contributed by atoms with Crippen molar-refractivity contribution in [3.05, 3.63) is 59.4 Å². The van der Waals surface area contributed by atoms with Gasteiger partial charge in [0, 0.05) is 43.1 Å². The third-order valence-electron chi connectivity index (χ3n) is 9.24. The Morgan fingerprint density at radius 1 is 1.07 bits per heavy atom. The molecule has 4 aliphatic rings. The minimum Gasteiger partial charge on any atom is -0.390 e. The standard InChI is InChI=1S/C30H31N5O6/c36-24-8-11-30(24,41)29(40)33-12-9-19(10-13-33)34-16-17(15-31-34)14-18-4-5-22-26-20(18)2-1-3-21(26)28(39)35(22)23-6-7-25(37)32-27(23)38/h1-5,15-16,19,23-24,36,41H,6-14H2,(H,32,37,38). The topological polar surface area (TPSA) is 145 Å². The molecule has 7 rings (SSSR count). The van der Waals surface area contributed by atoms with Gasteiger partial charge in [-0.1, -0.05) is 18.2 Å². The number of nitrogens with one attached hydrogen (secondary N) is 1. The number of rotatable bonds is 5. The lowest BCUT2D eigenvalue weighted by Crippen LogP contribution is -2.63. The molecule has 2 saturated heterocycles. The van der Waals surface area contributed by atoms with Crippen LogP contribution < -0.4 is 10.2 Å². The molecule has 3 aromatic rings. The molecule has 4 heterocycles. The van der Waals surface area contributed by atoms with E-state index in [0.29, 0.717) is 62.9 Å². The summed E-state index contributed by atoms with van der Waals surface area (Å²) in [6.07, 6.45) is 6.14. The first-order chi connectivity index (χ1) is 19.7. The lowest BCUT2D eigenvalue weighted by molar-refractivity contribution is -0.186. The SMILES string of the molecule is O=C1CCC(N2C(=O)c3cccc4c(Cc5cnn(C6CCN(C(=O)C7(O)CCC7O)CC6)c5)ccc2c34)C(=O)N1. The molecular formula is C30H31N5O6. The van der Waals surface area contributed by atoms with Gasteiger partial charge in [-0.2, -0.15) is 5.10 Å². The minimum absolute atomic E-state index is 0.126. The largest absolute Gasteiger partial charge is 0.390 e. The monoisotopic (exact) mass is 557 g/mol. The van der Waals surface area contributed by atoms with Crippen molar-refractivity contribution in [1.82, 2.24) is 20.0 Å². The van der Waals surface area contributed by atoms with Crippen molar-refractivity contribution in [3.8, 4) is 0 Å². The van der Waals surface area contributed by atoms with Crippen molar-refractivity contribution in [3.63, 3.8) is 0 Å². The van der Waals surface area contributed by atoms with Crippen LogP contribution in [0.5, 0.6) is 0 Å². The van der Waals surface area contributed by atoms with E-state index in [1.165, 1.54) is 4.90 Å². The summed E-state index contributed by atoms with van der Waals surface area (Å²) in [7, 11) is 0. The van der Waals surface area contributed by atoms with Crippen LogP contribution >= 0.6 is 0 Å². The number of aliphatic hydroxyl groups is 2. The normalized spacial score (nSPS) is 26.4. The van der Waals surface area contributed by atoms with E-state index in [-0.39, 0.29) is 30.2 Å². The molecule has 41 heavy (non-hydrogen) atoms. The molecule has 3 unspecified atom stereocenters. The molecule has 4 amide bonds. The van der Waals surface area contributed by atoms with Crippen LogP contribution in [0.25, 0.3) is 10.8 Å². The fourth-order valence-corrected chi connectivity index (χ4v) is 6.75. The molecule has 1 saturated carbocycles. The van der Waals surface area contributed by atoms with Gasteiger partial charge < -0.3 is 15.1 Å². The Morgan fingerprint density at radius 3 is 2.59 bits per heavy atom. The number of hydrogen-bond acceptors (Lipinski definition) is 7. The number of piperidine rings is 2. The molecule has 2 aromatic carbocycles. The fraction of sp³-hybridized carbons (Fsp3) is 0.433. The minimum atomic E-state index is -1.63. The third-order valence-corrected chi connectivity index (χ3v) is 9.24. The molecule has 0 radical (unpaired) electrons. The van der Waals surface area contributed by atoms with Crippen LogP contribution in [0.4, 0.5) is 5.69 Å². The van der Waals surface area contributed by atoms with Crippen molar-refractivity contribution in [2.75, 3.05) is 18.0 Å². The second kappa shape index (κ2) is 9.49. The second-order valence-corrected chi connectivity index (χ2v) is 11.6. The molecule has 3 fully saturated rings. The molecule has 3 atom stereocenters. The predicted octanol–water partition coefficient (Wildman–Crippen LogP) is 1.44. The van der Waals surface area contributed by atoms with Crippen molar-refractivity contribution in [2.45, 2.75) is 68.7 Å². The maximum Gasteiger partial charge on any atom is 0.259 e. The summed E-state index contributed by atoms with van der Waals surface area (Å²) in [5.41, 5.74) is 1.67. The van der Waals surface area contributed by atoms with E-state index < -0.39 is 23.7 Å². The maximum absolute atomic E-state index is 13.4. The number of aromatic nitrogens is 2.